The molecule has 0 saturated heterocycles. The van der Waals surface area contributed by atoms with Crippen LogP contribution in [-0.2, 0) is 0 Å². The normalized spacial score (nSPS) is 10.3. The first-order chi connectivity index (χ1) is 13.2. The Balaban J connectivity index is 1.47. The van der Waals surface area contributed by atoms with Gasteiger partial charge in [0.15, 0.2) is 0 Å². The van der Waals surface area contributed by atoms with E-state index >= 15 is 0 Å². The molecule has 0 aliphatic carbocycles. The molecule has 1 heterocycles. The number of ether oxygens (including phenoxy) is 2. The number of benzene rings is 2. The van der Waals surface area contributed by atoms with Crippen LogP contribution in [0.5, 0.6) is 11.6 Å². The summed E-state index contributed by atoms with van der Waals surface area (Å²) in [6.07, 6.45) is 0. The SMILES string of the molecule is COc1ccc(-c2ccc(OCCNC(=O)c3ccc(F)cc3)nn2)cc1. The molecule has 1 aromatic heterocycles. The molecule has 0 bridgehead atoms. The molecule has 0 fully saturated rings. The topological polar surface area (TPSA) is 73.3 Å². The van der Waals surface area contributed by atoms with Gasteiger partial charge < -0.3 is 14.8 Å². The molecule has 6 nitrogen and oxygen atoms in total. The van der Waals surface area contributed by atoms with E-state index in [4.69, 9.17) is 9.47 Å². The van der Waals surface area contributed by atoms with Gasteiger partial charge in [0.2, 0.25) is 5.88 Å². The van der Waals surface area contributed by atoms with Crippen molar-refractivity contribution in [3.8, 4) is 22.9 Å². The summed E-state index contributed by atoms with van der Waals surface area (Å²) in [4.78, 5) is 11.9. The maximum atomic E-state index is 12.8. The number of hydrogen-bond donors (Lipinski definition) is 1. The van der Waals surface area contributed by atoms with Crippen LogP contribution in [0.3, 0.4) is 0 Å². The average Bonchev–Trinajstić information content (AvgIpc) is 2.72. The number of carbonyl (C=O) groups is 1. The minimum absolute atomic E-state index is 0.240. The standard InChI is InChI=1S/C20H18FN3O3/c1-26-17-8-4-14(5-9-17)18-10-11-19(24-23-18)27-13-12-22-20(25)15-2-6-16(21)7-3-15/h2-11H,12-13H2,1H3,(H,22,25). The van der Waals surface area contributed by atoms with Crippen LogP contribution in [-0.4, -0.2) is 36.4 Å². The van der Waals surface area contributed by atoms with E-state index in [1.165, 1.54) is 24.3 Å². The second-order valence-electron chi connectivity index (χ2n) is 5.60. The summed E-state index contributed by atoms with van der Waals surface area (Å²) < 4.78 is 23.4. The number of rotatable bonds is 7. The fourth-order valence-electron chi connectivity index (χ4n) is 2.34. The van der Waals surface area contributed by atoms with Gasteiger partial charge in [0.25, 0.3) is 5.91 Å². The van der Waals surface area contributed by atoms with Crippen LogP contribution < -0.4 is 14.8 Å². The molecule has 1 N–H and O–H groups in total. The van der Waals surface area contributed by atoms with Crippen molar-refractivity contribution in [2.24, 2.45) is 0 Å². The predicted molar refractivity (Wildman–Crippen MR) is 98.2 cm³/mol. The van der Waals surface area contributed by atoms with E-state index in [1.807, 2.05) is 24.3 Å². The number of aromatic nitrogens is 2. The molecular weight excluding hydrogens is 349 g/mol. The van der Waals surface area contributed by atoms with Crippen LogP contribution in [0.25, 0.3) is 11.3 Å². The smallest absolute Gasteiger partial charge is 0.251 e. The first kappa shape index (κ1) is 18.3. The van der Waals surface area contributed by atoms with Crippen molar-refractivity contribution in [3.05, 3.63) is 72.0 Å². The highest BCUT2D eigenvalue weighted by Crippen LogP contribution is 2.20. The molecule has 3 aromatic rings. The fraction of sp³-hybridized carbons (Fsp3) is 0.150. The molecule has 7 heteroatoms. The van der Waals surface area contributed by atoms with Gasteiger partial charge in [-0.05, 0) is 54.6 Å². The van der Waals surface area contributed by atoms with Crippen LogP contribution in [0.2, 0.25) is 0 Å². The Bertz CT molecular complexity index is 882. The molecule has 0 unspecified atom stereocenters. The quantitative estimate of drug-likeness (QED) is 0.650. The molecule has 0 atom stereocenters. The Hall–Kier alpha value is -3.48. The van der Waals surface area contributed by atoms with Crippen molar-refractivity contribution in [1.29, 1.82) is 0 Å². The van der Waals surface area contributed by atoms with Gasteiger partial charge in [-0.2, -0.15) is 0 Å². The summed E-state index contributed by atoms with van der Waals surface area (Å²) in [7, 11) is 1.61. The van der Waals surface area contributed by atoms with E-state index in [9.17, 15) is 9.18 Å². The Labute approximate surface area is 156 Å². The third kappa shape index (κ3) is 5.01. The zero-order chi connectivity index (χ0) is 19.1. The average molecular weight is 367 g/mol. The van der Waals surface area contributed by atoms with Gasteiger partial charge in [0.05, 0.1) is 19.3 Å². The Morgan fingerprint density at radius 2 is 1.74 bits per heavy atom. The highest BCUT2D eigenvalue weighted by molar-refractivity contribution is 5.94. The van der Waals surface area contributed by atoms with E-state index in [2.05, 4.69) is 15.5 Å². The number of carbonyl (C=O) groups excluding carboxylic acids is 1. The molecule has 0 spiro atoms. The van der Waals surface area contributed by atoms with Crippen LogP contribution in [0.15, 0.2) is 60.7 Å². The maximum Gasteiger partial charge on any atom is 0.251 e. The molecule has 0 aliphatic heterocycles. The van der Waals surface area contributed by atoms with Crippen molar-refractivity contribution in [2.75, 3.05) is 20.3 Å². The van der Waals surface area contributed by atoms with E-state index in [0.29, 0.717) is 11.4 Å². The summed E-state index contributed by atoms with van der Waals surface area (Å²) in [6.45, 7) is 0.529. The summed E-state index contributed by atoms with van der Waals surface area (Å²) in [5.41, 5.74) is 2.02. The lowest BCUT2D eigenvalue weighted by Crippen LogP contribution is -2.28. The number of nitrogens with zero attached hydrogens (tertiary/aromatic N) is 2. The summed E-state index contributed by atoms with van der Waals surface area (Å²) >= 11 is 0. The van der Waals surface area contributed by atoms with E-state index < -0.39 is 0 Å². The number of methoxy groups -OCH3 is 1. The van der Waals surface area contributed by atoms with Gasteiger partial charge in [-0.3, -0.25) is 4.79 Å². The molecule has 2 aromatic carbocycles. The lowest BCUT2D eigenvalue weighted by atomic mass is 10.1. The molecular formula is C20H18FN3O3. The minimum atomic E-state index is -0.383. The predicted octanol–water partition coefficient (Wildman–Crippen LogP) is 3.10. The van der Waals surface area contributed by atoms with Crippen molar-refractivity contribution < 1.29 is 18.7 Å². The van der Waals surface area contributed by atoms with Gasteiger partial charge in [0, 0.05) is 17.2 Å². The number of hydrogen-bond acceptors (Lipinski definition) is 5. The van der Waals surface area contributed by atoms with Crippen LogP contribution in [0, 0.1) is 5.82 Å². The number of amides is 1. The molecule has 27 heavy (non-hydrogen) atoms. The Morgan fingerprint density at radius 1 is 1.00 bits per heavy atom. The van der Waals surface area contributed by atoms with Crippen molar-refractivity contribution >= 4 is 5.91 Å². The maximum absolute atomic E-state index is 12.8. The molecule has 0 aliphatic rings. The van der Waals surface area contributed by atoms with Gasteiger partial charge in [-0.15, -0.1) is 10.2 Å². The van der Waals surface area contributed by atoms with Gasteiger partial charge in [-0.1, -0.05) is 0 Å². The van der Waals surface area contributed by atoms with Crippen molar-refractivity contribution in [1.82, 2.24) is 15.5 Å². The van der Waals surface area contributed by atoms with Crippen molar-refractivity contribution in [2.45, 2.75) is 0 Å². The number of halogens is 1. The van der Waals surface area contributed by atoms with Gasteiger partial charge in [0.1, 0.15) is 18.2 Å². The molecule has 138 valence electrons. The Kier molecular flexibility index (Phi) is 5.94. The zero-order valence-corrected chi connectivity index (χ0v) is 14.7. The lowest BCUT2D eigenvalue weighted by Gasteiger charge is -2.07. The third-order valence-electron chi connectivity index (χ3n) is 3.77. The van der Waals surface area contributed by atoms with Crippen molar-refractivity contribution in [3.63, 3.8) is 0 Å². The Morgan fingerprint density at radius 3 is 2.37 bits per heavy atom. The first-order valence-electron chi connectivity index (χ1n) is 8.30. The summed E-state index contributed by atoms with van der Waals surface area (Å²) in [6, 6.07) is 16.4. The van der Waals surface area contributed by atoms with E-state index in [-0.39, 0.29) is 24.9 Å². The minimum Gasteiger partial charge on any atom is -0.497 e. The molecule has 3 rings (SSSR count). The zero-order valence-electron chi connectivity index (χ0n) is 14.7. The van der Waals surface area contributed by atoms with Crippen LogP contribution >= 0.6 is 0 Å². The van der Waals surface area contributed by atoms with Gasteiger partial charge >= 0.3 is 0 Å². The largest absolute Gasteiger partial charge is 0.497 e. The number of nitrogens with one attached hydrogen (secondary N) is 1. The van der Waals surface area contributed by atoms with Gasteiger partial charge in [-0.25, -0.2) is 4.39 Å². The summed E-state index contributed by atoms with van der Waals surface area (Å²) in [5.74, 6) is 0.462. The molecule has 0 saturated carbocycles. The fourth-order valence-corrected chi connectivity index (χ4v) is 2.34. The van der Waals surface area contributed by atoms with Crippen LogP contribution in [0.4, 0.5) is 4.39 Å². The second-order valence-corrected chi connectivity index (χ2v) is 5.60. The van der Waals surface area contributed by atoms with E-state index in [0.717, 1.165) is 17.0 Å². The molecule has 0 radical (unpaired) electrons. The van der Waals surface area contributed by atoms with E-state index in [1.54, 1.807) is 19.2 Å². The summed E-state index contributed by atoms with van der Waals surface area (Å²) in [5, 5.41) is 10.9. The lowest BCUT2D eigenvalue weighted by molar-refractivity contribution is 0.0946. The first-order valence-corrected chi connectivity index (χ1v) is 8.30. The monoisotopic (exact) mass is 367 g/mol. The third-order valence-corrected chi connectivity index (χ3v) is 3.77. The molecule has 1 amide bonds. The second kappa shape index (κ2) is 8.75. The highest BCUT2D eigenvalue weighted by atomic mass is 19.1. The van der Waals surface area contributed by atoms with Crippen LogP contribution in [0.1, 0.15) is 10.4 Å². The highest BCUT2D eigenvalue weighted by Gasteiger charge is 2.06.